The minimum absolute atomic E-state index is 0.0287. The molecule has 0 aliphatic rings. The molecule has 0 bridgehead atoms. The summed E-state index contributed by atoms with van der Waals surface area (Å²) in [6, 6.07) is 1.46. The van der Waals surface area contributed by atoms with Crippen LogP contribution >= 0.6 is 11.8 Å². The molecule has 7 nitrogen and oxygen atoms in total. The maximum absolute atomic E-state index is 13.5. The zero-order chi connectivity index (χ0) is 22.7. The number of carbonyl (C=O) groups excluding carboxylic acids is 1. The smallest absolute Gasteiger partial charge is 0.460 e. The number of halogens is 7. The molecular weight excluding hydrogens is 449 g/mol. The van der Waals surface area contributed by atoms with Crippen molar-refractivity contribution in [2.24, 2.45) is 0 Å². The van der Waals surface area contributed by atoms with Crippen LogP contribution in [0.2, 0.25) is 0 Å². The molecule has 30 heavy (non-hydrogen) atoms. The Morgan fingerprint density at radius 3 is 2.47 bits per heavy atom. The molecule has 2 rings (SSSR count). The van der Waals surface area contributed by atoms with E-state index in [2.05, 4.69) is 19.8 Å². The van der Waals surface area contributed by atoms with Gasteiger partial charge in [0.15, 0.2) is 22.8 Å². The Kier molecular flexibility index (Phi) is 6.83. The second-order valence-electron chi connectivity index (χ2n) is 5.64. The molecule has 0 saturated heterocycles. The van der Waals surface area contributed by atoms with Crippen LogP contribution in [0, 0.1) is 0 Å². The largest absolute Gasteiger partial charge is 0.493 e. The number of aromatic nitrogens is 4. The monoisotopic (exact) mass is 462 g/mol. The highest BCUT2D eigenvalue weighted by Crippen LogP contribution is 2.48. The van der Waals surface area contributed by atoms with E-state index in [1.54, 1.807) is 0 Å². The van der Waals surface area contributed by atoms with E-state index in [0.29, 0.717) is 17.5 Å². The second kappa shape index (κ2) is 8.65. The van der Waals surface area contributed by atoms with Crippen molar-refractivity contribution in [3.05, 3.63) is 24.7 Å². The molecule has 1 atom stereocenters. The van der Waals surface area contributed by atoms with E-state index in [1.807, 2.05) is 0 Å². The number of esters is 1. The lowest BCUT2D eigenvalue weighted by Crippen LogP contribution is -2.58. The first-order valence-corrected chi connectivity index (χ1v) is 8.85. The molecule has 0 aromatic carbocycles. The molecular formula is C15H13F7N4O3S. The number of carbonyl (C=O) groups is 1. The molecule has 0 fully saturated rings. The summed E-state index contributed by atoms with van der Waals surface area (Å²) in [6.07, 6.45) is -5.38. The number of ether oxygens (including phenoxy) is 2. The SMILES string of the molecule is COc1cnn(-c2ccnc(SCC(=O)OC(C)C(F)(F)C(F)(F)C(F)(F)F)n2)c1. The Morgan fingerprint density at radius 1 is 1.23 bits per heavy atom. The molecule has 2 aromatic rings. The molecule has 0 saturated carbocycles. The van der Waals surface area contributed by atoms with Gasteiger partial charge in [-0.05, 0) is 6.92 Å². The summed E-state index contributed by atoms with van der Waals surface area (Å²) in [4.78, 5) is 19.5. The van der Waals surface area contributed by atoms with Crippen molar-refractivity contribution in [1.82, 2.24) is 19.7 Å². The predicted octanol–water partition coefficient (Wildman–Crippen LogP) is 3.53. The number of methoxy groups -OCH3 is 1. The molecule has 0 amide bonds. The Balaban J connectivity index is 2.00. The minimum Gasteiger partial charge on any atom is -0.493 e. The third-order valence-electron chi connectivity index (χ3n) is 3.56. The van der Waals surface area contributed by atoms with E-state index in [0.717, 1.165) is 0 Å². The summed E-state index contributed by atoms with van der Waals surface area (Å²) in [5, 5.41) is 3.93. The lowest BCUT2D eigenvalue weighted by molar-refractivity contribution is -0.369. The standard InChI is InChI=1S/C15H13F7N4O3S/c1-8(13(16,17)14(18,19)15(20,21)22)29-11(27)7-30-12-23-4-3-10(25-12)26-6-9(28-2)5-24-26/h3-6,8H,7H2,1-2H3. The molecule has 0 N–H and O–H groups in total. The van der Waals surface area contributed by atoms with Gasteiger partial charge in [0.25, 0.3) is 0 Å². The number of rotatable bonds is 8. The fourth-order valence-corrected chi connectivity index (χ4v) is 2.55. The van der Waals surface area contributed by atoms with Crippen LogP contribution in [0.15, 0.2) is 29.8 Å². The van der Waals surface area contributed by atoms with E-state index in [4.69, 9.17) is 4.74 Å². The van der Waals surface area contributed by atoms with Gasteiger partial charge in [-0.1, -0.05) is 11.8 Å². The van der Waals surface area contributed by atoms with Crippen molar-refractivity contribution in [3.8, 4) is 11.6 Å². The minimum atomic E-state index is -6.52. The van der Waals surface area contributed by atoms with Gasteiger partial charge in [-0.3, -0.25) is 4.79 Å². The molecule has 2 heterocycles. The van der Waals surface area contributed by atoms with E-state index >= 15 is 0 Å². The summed E-state index contributed by atoms with van der Waals surface area (Å²) in [5.74, 6) is -13.5. The molecule has 0 radical (unpaired) electrons. The van der Waals surface area contributed by atoms with Crippen molar-refractivity contribution in [2.45, 2.75) is 36.2 Å². The van der Waals surface area contributed by atoms with Crippen LogP contribution in [0.1, 0.15) is 6.92 Å². The Morgan fingerprint density at radius 2 is 1.90 bits per heavy atom. The zero-order valence-electron chi connectivity index (χ0n) is 15.2. The van der Waals surface area contributed by atoms with Crippen LogP contribution < -0.4 is 4.74 Å². The third-order valence-corrected chi connectivity index (χ3v) is 4.40. The average Bonchev–Trinajstić information content (AvgIpc) is 3.15. The predicted molar refractivity (Wildman–Crippen MR) is 87.9 cm³/mol. The van der Waals surface area contributed by atoms with Crippen molar-refractivity contribution in [1.29, 1.82) is 0 Å². The fraction of sp³-hybridized carbons (Fsp3) is 0.467. The average molecular weight is 462 g/mol. The maximum Gasteiger partial charge on any atom is 0.460 e. The molecule has 0 spiro atoms. The molecule has 0 aliphatic carbocycles. The lowest BCUT2D eigenvalue weighted by atomic mass is 10.1. The van der Waals surface area contributed by atoms with E-state index in [-0.39, 0.29) is 17.9 Å². The Bertz CT molecular complexity index is 891. The van der Waals surface area contributed by atoms with Crippen molar-refractivity contribution in [2.75, 3.05) is 12.9 Å². The third kappa shape index (κ3) is 4.94. The topological polar surface area (TPSA) is 79.1 Å². The normalized spacial score (nSPS) is 13.8. The van der Waals surface area contributed by atoms with E-state index in [1.165, 1.54) is 36.4 Å². The summed E-state index contributed by atoms with van der Waals surface area (Å²) in [7, 11) is 1.42. The first kappa shape index (κ1) is 23.7. The van der Waals surface area contributed by atoms with Gasteiger partial charge in [0.05, 0.1) is 25.3 Å². The summed E-state index contributed by atoms with van der Waals surface area (Å²) in [5.41, 5.74) is 0. The van der Waals surface area contributed by atoms with Gasteiger partial charge in [0, 0.05) is 12.3 Å². The van der Waals surface area contributed by atoms with Gasteiger partial charge >= 0.3 is 24.0 Å². The second-order valence-corrected chi connectivity index (χ2v) is 6.58. The van der Waals surface area contributed by atoms with Crippen LogP contribution in [0.3, 0.4) is 0 Å². The van der Waals surface area contributed by atoms with Gasteiger partial charge in [0.2, 0.25) is 0 Å². The first-order chi connectivity index (χ1) is 13.8. The highest BCUT2D eigenvalue weighted by molar-refractivity contribution is 7.99. The highest BCUT2D eigenvalue weighted by Gasteiger charge is 2.75. The number of hydrogen-bond acceptors (Lipinski definition) is 7. The number of alkyl halides is 7. The van der Waals surface area contributed by atoms with Crippen LogP contribution in [0.25, 0.3) is 5.82 Å². The molecule has 166 valence electrons. The quantitative estimate of drug-likeness (QED) is 0.257. The van der Waals surface area contributed by atoms with Crippen molar-refractivity contribution < 1.29 is 45.0 Å². The summed E-state index contributed by atoms with van der Waals surface area (Å²) >= 11 is 0.592. The molecule has 2 aromatic heterocycles. The van der Waals surface area contributed by atoms with Gasteiger partial charge in [0.1, 0.15) is 0 Å². The molecule has 1 unspecified atom stereocenters. The van der Waals surface area contributed by atoms with Crippen LogP contribution in [0.4, 0.5) is 30.7 Å². The summed E-state index contributed by atoms with van der Waals surface area (Å²) in [6.45, 7) is 0.241. The van der Waals surface area contributed by atoms with Crippen LogP contribution in [-0.4, -0.2) is 62.7 Å². The van der Waals surface area contributed by atoms with Gasteiger partial charge in [-0.2, -0.15) is 35.8 Å². The number of hydrogen-bond donors (Lipinski definition) is 0. The summed E-state index contributed by atoms with van der Waals surface area (Å²) < 4.78 is 99.9. The van der Waals surface area contributed by atoms with Gasteiger partial charge in [-0.25, -0.2) is 14.6 Å². The van der Waals surface area contributed by atoms with Crippen molar-refractivity contribution in [3.63, 3.8) is 0 Å². The van der Waals surface area contributed by atoms with Crippen LogP contribution in [-0.2, 0) is 9.53 Å². The van der Waals surface area contributed by atoms with Crippen LogP contribution in [0.5, 0.6) is 5.75 Å². The number of thioether (sulfide) groups is 1. The van der Waals surface area contributed by atoms with E-state index in [9.17, 15) is 35.5 Å². The Labute approximate surface area is 168 Å². The van der Waals surface area contributed by atoms with E-state index < -0.39 is 35.8 Å². The van der Waals surface area contributed by atoms with Gasteiger partial charge < -0.3 is 9.47 Å². The van der Waals surface area contributed by atoms with Gasteiger partial charge in [-0.15, -0.1) is 0 Å². The Hall–Kier alpha value is -2.58. The fourth-order valence-electron chi connectivity index (χ4n) is 1.94. The zero-order valence-corrected chi connectivity index (χ0v) is 16.0. The molecule has 15 heteroatoms. The number of nitrogens with zero attached hydrogens (tertiary/aromatic N) is 4. The first-order valence-electron chi connectivity index (χ1n) is 7.86. The maximum atomic E-state index is 13.5. The highest BCUT2D eigenvalue weighted by atomic mass is 32.2. The van der Waals surface area contributed by atoms with Crippen molar-refractivity contribution >= 4 is 17.7 Å². The molecule has 0 aliphatic heterocycles. The lowest BCUT2D eigenvalue weighted by Gasteiger charge is -2.31.